The fourth-order valence-corrected chi connectivity index (χ4v) is 0.211. The number of nitrogens with zero attached hydrogens (tertiary/aromatic N) is 1. The first-order chi connectivity index (χ1) is 3.55. The Kier molecular flexibility index (Phi) is 8.23. The first-order valence-electron chi connectivity index (χ1n) is 2.43. The summed E-state index contributed by atoms with van der Waals surface area (Å²) in [6.45, 7) is 1.58. The van der Waals surface area contributed by atoms with Crippen molar-refractivity contribution in [2.75, 3.05) is 14.1 Å². The van der Waals surface area contributed by atoms with E-state index in [2.05, 4.69) is 0 Å². The molecular formula is C5H10KNO2. The third-order valence-corrected chi connectivity index (χ3v) is 1.12. The van der Waals surface area contributed by atoms with Crippen LogP contribution < -0.4 is 56.5 Å². The Morgan fingerprint density at radius 3 is 1.89 bits per heavy atom. The molecule has 0 aromatic rings. The van der Waals surface area contributed by atoms with Gasteiger partial charge in [0.05, 0.1) is 5.97 Å². The van der Waals surface area contributed by atoms with Crippen LogP contribution in [-0.4, -0.2) is 31.0 Å². The zero-order chi connectivity index (χ0) is 6.73. The summed E-state index contributed by atoms with van der Waals surface area (Å²) in [4.78, 5) is 11.6. The van der Waals surface area contributed by atoms with Gasteiger partial charge in [-0.25, -0.2) is 0 Å². The molecule has 0 saturated carbocycles. The van der Waals surface area contributed by atoms with Crippen molar-refractivity contribution in [1.29, 1.82) is 0 Å². The molecule has 1 atom stereocenters. The van der Waals surface area contributed by atoms with Crippen LogP contribution in [0.4, 0.5) is 0 Å². The second-order valence-corrected chi connectivity index (χ2v) is 1.96. The number of likely N-dealkylation sites (N-methyl/N-ethyl adjacent to an activating group) is 1. The van der Waals surface area contributed by atoms with Gasteiger partial charge in [-0.05, 0) is 21.0 Å². The smallest absolute Gasteiger partial charge is 0.548 e. The quantitative estimate of drug-likeness (QED) is 0.379. The predicted octanol–water partition coefficient (Wildman–Crippen LogP) is -4.31. The monoisotopic (exact) mass is 155 g/mol. The minimum absolute atomic E-state index is 0. The van der Waals surface area contributed by atoms with E-state index >= 15 is 0 Å². The van der Waals surface area contributed by atoms with Gasteiger partial charge in [0.1, 0.15) is 0 Å². The molecule has 4 heteroatoms. The second-order valence-electron chi connectivity index (χ2n) is 1.96. The third kappa shape index (κ3) is 5.51. The van der Waals surface area contributed by atoms with E-state index in [1.165, 1.54) is 0 Å². The molecule has 3 nitrogen and oxygen atoms in total. The summed E-state index contributed by atoms with van der Waals surface area (Å²) in [5.41, 5.74) is 0. The van der Waals surface area contributed by atoms with Crippen molar-refractivity contribution >= 4 is 5.97 Å². The molecule has 0 radical (unpaired) electrons. The van der Waals surface area contributed by atoms with Gasteiger partial charge in [0.25, 0.3) is 0 Å². The fraction of sp³-hybridized carbons (Fsp3) is 0.800. The topological polar surface area (TPSA) is 43.4 Å². The van der Waals surface area contributed by atoms with Gasteiger partial charge in [0, 0.05) is 6.04 Å². The van der Waals surface area contributed by atoms with Crippen LogP contribution in [0, 0.1) is 0 Å². The van der Waals surface area contributed by atoms with Crippen molar-refractivity contribution in [3.05, 3.63) is 0 Å². The largest absolute Gasteiger partial charge is 1.00 e. The number of carbonyl (C=O) groups excluding carboxylic acids is 1. The van der Waals surface area contributed by atoms with Gasteiger partial charge in [0.2, 0.25) is 0 Å². The van der Waals surface area contributed by atoms with Gasteiger partial charge >= 0.3 is 51.4 Å². The molecule has 1 unspecified atom stereocenters. The Morgan fingerprint density at radius 1 is 1.56 bits per heavy atom. The number of hydrogen-bond acceptors (Lipinski definition) is 3. The molecule has 0 amide bonds. The minimum Gasteiger partial charge on any atom is -0.548 e. The molecule has 0 aromatic carbocycles. The zero-order valence-corrected chi connectivity index (χ0v) is 9.46. The fourth-order valence-electron chi connectivity index (χ4n) is 0.211. The van der Waals surface area contributed by atoms with E-state index in [4.69, 9.17) is 0 Å². The molecule has 9 heavy (non-hydrogen) atoms. The van der Waals surface area contributed by atoms with Crippen molar-refractivity contribution in [3.8, 4) is 0 Å². The maximum atomic E-state index is 9.99. The number of aliphatic carboxylic acids is 1. The van der Waals surface area contributed by atoms with Gasteiger partial charge < -0.3 is 14.8 Å². The number of carboxylic acid groups (broad SMARTS) is 1. The number of hydrogen-bond donors (Lipinski definition) is 0. The maximum absolute atomic E-state index is 9.99. The molecule has 0 bridgehead atoms. The van der Waals surface area contributed by atoms with E-state index in [9.17, 15) is 9.90 Å². The standard InChI is InChI=1S/C5H11NO2.K/c1-4(5(7)8)6(2)3;/h4H,1-3H3,(H,7,8);/q;+1/p-1. The summed E-state index contributed by atoms with van der Waals surface area (Å²) in [5.74, 6) is -1.03. The number of rotatable bonds is 2. The molecule has 48 valence electrons. The zero-order valence-electron chi connectivity index (χ0n) is 6.34. The van der Waals surface area contributed by atoms with E-state index in [1.807, 2.05) is 0 Å². The molecule has 0 aromatic heterocycles. The number of carboxylic acids is 1. The van der Waals surface area contributed by atoms with Gasteiger partial charge in [-0.3, -0.25) is 0 Å². The third-order valence-electron chi connectivity index (χ3n) is 1.12. The molecule has 0 N–H and O–H groups in total. The molecule has 0 fully saturated rings. The summed E-state index contributed by atoms with van der Waals surface area (Å²) < 4.78 is 0. The van der Waals surface area contributed by atoms with Crippen molar-refractivity contribution in [2.24, 2.45) is 0 Å². The summed E-state index contributed by atoms with van der Waals surface area (Å²) in [5, 5.41) is 9.99. The van der Waals surface area contributed by atoms with E-state index in [-0.39, 0.29) is 51.4 Å². The summed E-state index contributed by atoms with van der Waals surface area (Å²) in [6.07, 6.45) is 0. The van der Waals surface area contributed by atoms with Crippen molar-refractivity contribution in [2.45, 2.75) is 13.0 Å². The molecule has 0 aliphatic heterocycles. The number of carbonyl (C=O) groups is 1. The van der Waals surface area contributed by atoms with Crippen LogP contribution in [0.3, 0.4) is 0 Å². The Morgan fingerprint density at radius 2 is 1.89 bits per heavy atom. The van der Waals surface area contributed by atoms with Crippen LogP contribution in [0.25, 0.3) is 0 Å². The predicted molar refractivity (Wildman–Crippen MR) is 28.2 cm³/mol. The maximum Gasteiger partial charge on any atom is 1.00 e. The van der Waals surface area contributed by atoms with Crippen LogP contribution in [0.1, 0.15) is 6.92 Å². The first-order valence-corrected chi connectivity index (χ1v) is 2.43. The molecular weight excluding hydrogens is 145 g/mol. The second kappa shape index (κ2) is 5.82. The van der Waals surface area contributed by atoms with Crippen LogP contribution >= 0.6 is 0 Å². The average molecular weight is 155 g/mol. The Bertz CT molecular complexity index is 95.0. The van der Waals surface area contributed by atoms with Gasteiger partial charge in [-0.2, -0.15) is 0 Å². The Hall–Kier alpha value is 1.07. The van der Waals surface area contributed by atoms with E-state index in [0.29, 0.717) is 0 Å². The molecule has 0 aliphatic rings. The van der Waals surface area contributed by atoms with E-state index < -0.39 is 12.0 Å². The molecule has 0 saturated heterocycles. The van der Waals surface area contributed by atoms with Crippen LogP contribution in [-0.2, 0) is 4.79 Å². The summed E-state index contributed by atoms with van der Waals surface area (Å²) in [6, 6.07) is -0.491. The summed E-state index contributed by atoms with van der Waals surface area (Å²) in [7, 11) is 3.39. The molecule has 0 spiro atoms. The molecule has 0 rings (SSSR count). The van der Waals surface area contributed by atoms with Gasteiger partial charge in [0.15, 0.2) is 0 Å². The molecule has 0 heterocycles. The van der Waals surface area contributed by atoms with Crippen LogP contribution in [0.2, 0.25) is 0 Å². The van der Waals surface area contributed by atoms with Crippen LogP contribution in [0.5, 0.6) is 0 Å². The molecule has 0 aliphatic carbocycles. The minimum atomic E-state index is -1.03. The van der Waals surface area contributed by atoms with Crippen molar-refractivity contribution in [1.82, 2.24) is 4.90 Å². The Labute approximate surface area is 97.8 Å². The van der Waals surface area contributed by atoms with Gasteiger partial charge in [-0.1, -0.05) is 0 Å². The normalized spacial score (nSPS) is 12.4. The van der Waals surface area contributed by atoms with E-state index in [1.54, 1.807) is 25.9 Å². The first kappa shape index (κ1) is 12.7. The average Bonchev–Trinajstić information content (AvgIpc) is 1.64. The summed E-state index contributed by atoms with van der Waals surface area (Å²) >= 11 is 0. The van der Waals surface area contributed by atoms with Crippen molar-refractivity contribution in [3.63, 3.8) is 0 Å². The SMILES string of the molecule is CC(C(=O)[O-])N(C)C.[K+]. The van der Waals surface area contributed by atoms with Crippen LogP contribution in [0.15, 0.2) is 0 Å². The Balaban J connectivity index is 0. The van der Waals surface area contributed by atoms with E-state index in [0.717, 1.165) is 0 Å². The van der Waals surface area contributed by atoms with Gasteiger partial charge in [-0.15, -0.1) is 0 Å². The van der Waals surface area contributed by atoms with Crippen molar-refractivity contribution < 1.29 is 61.3 Å².